The van der Waals surface area contributed by atoms with Gasteiger partial charge in [-0.1, -0.05) is 48.0 Å². The van der Waals surface area contributed by atoms with E-state index in [2.05, 4.69) is 63.2 Å². The molecule has 2 heterocycles. The van der Waals surface area contributed by atoms with E-state index in [1.54, 1.807) is 0 Å². The number of piperidine rings is 1. The molecule has 2 aromatic rings. The molecule has 144 valence electrons. The number of piperazine rings is 1. The summed E-state index contributed by atoms with van der Waals surface area (Å²) in [6.07, 6.45) is 3.79. The Bertz CT molecular complexity index is 705. The molecule has 4 heteroatoms. The van der Waals surface area contributed by atoms with Crippen LogP contribution in [0.2, 0.25) is 5.02 Å². The van der Waals surface area contributed by atoms with Crippen molar-refractivity contribution >= 4 is 17.3 Å². The summed E-state index contributed by atoms with van der Waals surface area (Å²) >= 11 is 6.15. The maximum atomic E-state index is 6.15. The summed E-state index contributed by atoms with van der Waals surface area (Å²) in [5.41, 5.74) is 2.72. The highest BCUT2D eigenvalue weighted by molar-refractivity contribution is 6.30. The Morgan fingerprint density at radius 1 is 0.815 bits per heavy atom. The molecule has 0 saturated carbocycles. The van der Waals surface area contributed by atoms with Gasteiger partial charge in [0.1, 0.15) is 0 Å². The molecule has 0 amide bonds. The molecule has 0 spiro atoms. The lowest BCUT2D eigenvalue weighted by Gasteiger charge is -2.43. The zero-order valence-corrected chi connectivity index (χ0v) is 16.8. The SMILES string of the molecule is Clc1cccc(N2CCN(C3CCN(CCc4ccccc4)CC3)CC2)c1. The molecule has 0 N–H and O–H groups in total. The summed E-state index contributed by atoms with van der Waals surface area (Å²) in [5, 5.41) is 0.831. The van der Waals surface area contributed by atoms with Crippen LogP contribution in [0.15, 0.2) is 54.6 Å². The summed E-state index contributed by atoms with van der Waals surface area (Å²) in [6, 6.07) is 19.9. The maximum absolute atomic E-state index is 6.15. The van der Waals surface area contributed by atoms with Gasteiger partial charge in [0.2, 0.25) is 0 Å². The minimum absolute atomic E-state index is 0.763. The van der Waals surface area contributed by atoms with Crippen molar-refractivity contribution in [3.8, 4) is 0 Å². The Labute approximate surface area is 168 Å². The fourth-order valence-corrected chi connectivity index (χ4v) is 4.64. The van der Waals surface area contributed by atoms with Gasteiger partial charge in [0.15, 0.2) is 0 Å². The Kier molecular flexibility index (Phi) is 6.33. The van der Waals surface area contributed by atoms with Crippen LogP contribution in [0.3, 0.4) is 0 Å². The van der Waals surface area contributed by atoms with E-state index in [9.17, 15) is 0 Å². The lowest BCUT2D eigenvalue weighted by molar-refractivity contribution is 0.104. The normalized spacial score (nSPS) is 20.1. The van der Waals surface area contributed by atoms with Crippen molar-refractivity contribution in [1.82, 2.24) is 9.80 Å². The molecule has 4 rings (SSSR count). The van der Waals surface area contributed by atoms with Crippen LogP contribution in [0.25, 0.3) is 0 Å². The van der Waals surface area contributed by atoms with Gasteiger partial charge in [-0.15, -0.1) is 0 Å². The summed E-state index contributed by atoms with van der Waals surface area (Å²) in [4.78, 5) is 7.83. The summed E-state index contributed by atoms with van der Waals surface area (Å²) < 4.78 is 0. The highest BCUT2D eigenvalue weighted by Gasteiger charge is 2.27. The molecule has 2 aliphatic heterocycles. The first-order valence-corrected chi connectivity index (χ1v) is 10.7. The largest absolute Gasteiger partial charge is 0.369 e. The van der Waals surface area contributed by atoms with Crippen molar-refractivity contribution in [1.29, 1.82) is 0 Å². The van der Waals surface area contributed by atoms with Crippen LogP contribution in [0.1, 0.15) is 18.4 Å². The van der Waals surface area contributed by atoms with Crippen LogP contribution in [-0.4, -0.2) is 61.7 Å². The molecule has 2 saturated heterocycles. The first-order valence-electron chi connectivity index (χ1n) is 10.3. The molecule has 0 unspecified atom stereocenters. The molecule has 3 nitrogen and oxygen atoms in total. The van der Waals surface area contributed by atoms with Gasteiger partial charge in [-0.05, 0) is 56.1 Å². The highest BCUT2D eigenvalue weighted by atomic mass is 35.5. The zero-order chi connectivity index (χ0) is 18.5. The number of anilines is 1. The fraction of sp³-hybridized carbons (Fsp3) is 0.478. The average Bonchev–Trinajstić information content (AvgIpc) is 2.74. The Hall–Kier alpha value is -1.55. The third-order valence-electron chi connectivity index (χ3n) is 6.12. The fourth-order valence-electron chi connectivity index (χ4n) is 4.46. The van der Waals surface area contributed by atoms with E-state index >= 15 is 0 Å². The van der Waals surface area contributed by atoms with Crippen LogP contribution in [0.4, 0.5) is 5.69 Å². The average molecular weight is 384 g/mol. The lowest BCUT2D eigenvalue weighted by Crippen LogP contribution is -2.53. The maximum Gasteiger partial charge on any atom is 0.0426 e. The van der Waals surface area contributed by atoms with Gasteiger partial charge in [-0.2, -0.15) is 0 Å². The van der Waals surface area contributed by atoms with E-state index in [1.165, 1.54) is 63.2 Å². The standard InChI is InChI=1S/C23H30ClN3/c24-21-7-4-8-23(19-21)27-17-15-26(16-18-27)22-10-13-25(14-11-22)12-9-20-5-2-1-3-6-20/h1-8,19,22H,9-18H2. The van der Waals surface area contributed by atoms with Gasteiger partial charge in [-0.25, -0.2) is 0 Å². The van der Waals surface area contributed by atoms with Crippen molar-refractivity contribution in [3.05, 3.63) is 65.2 Å². The molecule has 0 bridgehead atoms. The molecule has 2 aliphatic rings. The third kappa shape index (κ3) is 5.04. The van der Waals surface area contributed by atoms with Crippen molar-refractivity contribution in [3.63, 3.8) is 0 Å². The van der Waals surface area contributed by atoms with Crippen molar-refractivity contribution in [2.45, 2.75) is 25.3 Å². The minimum atomic E-state index is 0.763. The van der Waals surface area contributed by atoms with Gasteiger partial charge in [-0.3, -0.25) is 4.90 Å². The number of likely N-dealkylation sites (tertiary alicyclic amines) is 1. The number of halogens is 1. The number of hydrogen-bond acceptors (Lipinski definition) is 3. The zero-order valence-electron chi connectivity index (χ0n) is 16.1. The number of rotatable bonds is 5. The second kappa shape index (κ2) is 9.09. The van der Waals surface area contributed by atoms with E-state index < -0.39 is 0 Å². The third-order valence-corrected chi connectivity index (χ3v) is 6.36. The van der Waals surface area contributed by atoms with Crippen molar-refractivity contribution in [2.24, 2.45) is 0 Å². The monoisotopic (exact) mass is 383 g/mol. The molecular formula is C23H30ClN3. The molecule has 27 heavy (non-hydrogen) atoms. The number of benzene rings is 2. The van der Waals surface area contributed by atoms with Crippen LogP contribution >= 0.6 is 11.6 Å². The van der Waals surface area contributed by atoms with Crippen LogP contribution in [-0.2, 0) is 6.42 Å². The Morgan fingerprint density at radius 2 is 1.56 bits per heavy atom. The van der Waals surface area contributed by atoms with Gasteiger partial charge >= 0.3 is 0 Å². The Balaban J connectivity index is 1.20. The van der Waals surface area contributed by atoms with E-state index in [-0.39, 0.29) is 0 Å². The minimum Gasteiger partial charge on any atom is -0.369 e. The smallest absolute Gasteiger partial charge is 0.0426 e. The van der Waals surface area contributed by atoms with Crippen LogP contribution < -0.4 is 4.90 Å². The quantitative estimate of drug-likeness (QED) is 0.767. The Morgan fingerprint density at radius 3 is 2.26 bits per heavy atom. The topological polar surface area (TPSA) is 9.72 Å². The molecular weight excluding hydrogens is 354 g/mol. The van der Waals surface area contributed by atoms with Crippen LogP contribution in [0.5, 0.6) is 0 Å². The van der Waals surface area contributed by atoms with E-state index in [4.69, 9.17) is 11.6 Å². The highest BCUT2D eigenvalue weighted by Crippen LogP contribution is 2.23. The lowest BCUT2D eigenvalue weighted by atomic mass is 10.0. The molecule has 2 fully saturated rings. The van der Waals surface area contributed by atoms with Gasteiger partial charge in [0.05, 0.1) is 0 Å². The summed E-state index contributed by atoms with van der Waals surface area (Å²) in [7, 11) is 0. The van der Waals surface area contributed by atoms with E-state index in [1.807, 2.05) is 6.07 Å². The van der Waals surface area contributed by atoms with Crippen LogP contribution in [0, 0.1) is 0 Å². The molecule has 2 aromatic carbocycles. The first-order chi connectivity index (χ1) is 13.3. The molecule has 0 aliphatic carbocycles. The van der Waals surface area contributed by atoms with E-state index in [0.717, 1.165) is 24.2 Å². The molecule has 0 atom stereocenters. The van der Waals surface area contributed by atoms with Gasteiger partial charge < -0.3 is 9.80 Å². The predicted molar refractivity (Wildman–Crippen MR) is 115 cm³/mol. The molecule has 0 aromatic heterocycles. The van der Waals surface area contributed by atoms with Crippen molar-refractivity contribution < 1.29 is 0 Å². The molecule has 0 radical (unpaired) electrons. The second-order valence-electron chi connectivity index (χ2n) is 7.81. The predicted octanol–water partition coefficient (Wildman–Crippen LogP) is 4.17. The van der Waals surface area contributed by atoms with Gasteiger partial charge in [0.25, 0.3) is 0 Å². The second-order valence-corrected chi connectivity index (χ2v) is 8.25. The van der Waals surface area contributed by atoms with Crippen molar-refractivity contribution in [2.75, 3.05) is 50.7 Å². The summed E-state index contributed by atoms with van der Waals surface area (Å²) in [5.74, 6) is 0. The van der Waals surface area contributed by atoms with E-state index in [0.29, 0.717) is 0 Å². The first kappa shape index (κ1) is 18.8. The number of hydrogen-bond donors (Lipinski definition) is 0. The van der Waals surface area contributed by atoms with Gasteiger partial charge in [0, 0.05) is 49.5 Å². The number of nitrogens with zero attached hydrogens (tertiary/aromatic N) is 3. The summed E-state index contributed by atoms with van der Waals surface area (Å²) in [6.45, 7) is 8.23.